The van der Waals surface area contributed by atoms with Crippen LogP contribution in [-0.2, 0) is 5.41 Å². The Morgan fingerprint density at radius 3 is 2.22 bits per heavy atom. The molecule has 0 spiro atoms. The van der Waals surface area contributed by atoms with Gasteiger partial charge in [0.25, 0.3) is 0 Å². The Balaban J connectivity index is 1.57. The van der Waals surface area contributed by atoms with Gasteiger partial charge >= 0.3 is 0 Å². The van der Waals surface area contributed by atoms with Gasteiger partial charge in [0.05, 0.1) is 11.0 Å². The van der Waals surface area contributed by atoms with E-state index in [0.29, 0.717) is 0 Å². The molecule has 2 aromatic heterocycles. The highest BCUT2D eigenvalue weighted by Crippen LogP contribution is 2.52. The molecule has 0 radical (unpaired) electrons. The highest BCUT2D eigenvalue weighted by molar-refractivity contribution is 6.13. The number of aryl methyl sites for hydroxylation is 2. The van der Waals surface area contributed by atoms with Gasteiger partial charge in [0, 0.05) is 38.8 Å². The highest BCUT2D eigenvalue weighted by Gasteiger charge is 2.38. The number of nitrogens with zero attached hydrogens (tertiary/aromatic N) is 3. The molecule has 3 heteroatoms. The minimum Gasteiger partial charge on any atom is -0.309 e. The topological polar surface area (TPSA) is 30.7 Å². The molecule has 0 saturated carbocycles. The Labute approximate surface area is 217 Å². The Morgan fingerprint density at radius 2 is 1.41 bits per heavy atom. The summed E-state index contributed by atoms with van der Waals surface area (Å²) in [6.45, 7) is 10.9. The van der Waals surface area contributed by atoms with Crippen LogP contribution < -0.4 is 0 Å². The summed E-state index contributed by atoms with van der Waals surface area (Å²) in [6.07, 6.45) is 0. The van der Waals surface area contributed by atoms with E-state index in [1.807, 2.05) is 0 Å². The van der Waals surface area contributed by atoms with Gasteiger partial charge in [-0.15, -0.1) is 0 Å². The van der Waals surface area contributed by atoms with E-state index in [-0.39, 0.29) is 5.41 Å². The van der Waals surface area contributed by atoms with E-state index in [0.717, 1.165) is 34.0 Å². The number of aromatic nitrogens is 3. The first-order valence-corrected chi connectivity index (χ1v) is 13.0. The predicted octanol–water partition coefficient (Wildman–Crippen LogP) is 8.47. The molecule has 6 aromatic rings. The van der Waals surface area contributed by atoms with Crippen molar-refractivity contribution >= 4 is 21.8 Å². The first-order valence-electron chi connectivity index (χ1n) is 13.0. The van der Waals surface area contributed by atoms with Gasteiger partial charge in [-0.25, -0.2) is 9.97 Å². The highest BCUT2D eigenvalue weighted by atomic mass is 15.0. The van der Waals surface area contributed by atoms with Crippen molar-refractivity contribution in [2.75, 3.05) is 0 Å². The van der Waals surface area contributed by atoms with E-state index in [4.69, 9.17) is 9.97 Å². The first kappa shape index (κ1) is 22.0. The lowest BCUT2D eigenvalue weighted by Gasteiger charge is -2.23. The molecule has 1 aliphatic rings. The predicted molar refractivity (Wildman–Crippen MR) is 154 cm³/mol. The van der Waals surface area contributed by atoms with Gasteiger partial charge in [-0.05, 0) is 66.8 Å². The Hall–Kier alpha value is -4.24. The molecule has 0 amide bonds. The second-order valence-electron chi connectivity index (χ2n) is 10.8. The quantitative estimate of drug-likeness (QED) is 0.249. The molecule has 0 unspecified atom stereocenters. The van der Waals surface area contributed by atoms with Crippen LogP contribution in [0.15, 0.2) is 84.9 Å². The Kier molecular flexibility index (Phi) is 4.54. The molecule has 0 atom stereocenters. The summed E-state index contributed by atoms with van der Waals surface area (Å²) < 4.78 is 2.45. The molecule has 0 fully saturated rings. The van der Waals surface area contributed by atoms with E-state index in [9.17, 15) is 0 Å². The zero-order valence-electron chi connectivity index (χ0n) is 21.9. The zero-order chi connectivity index (χ0) is 25.5. The van der Waals surface area contributed by atoms with Crippen molar-refractivity contribution in [1.82, 2.24) is 14.5 Å². The molecule has 4 aromatic carbocycles. The van der Waals surface area contributed by atoms with Crippen molar-refractivity contribution in [3.63, 3.8) is 0 Å². The van der Waals surface area contributed by atoms with Crippen LogP contribution in [-0.4, -0.2) is 14.5 Å². The van der Waals surface area contributed by atoms with Gasteiger partial charge in [0.15, 0.2) is 5.82 Å². The summed E-state index contributed by atoms with van der Waals surface area (Å²) in [5.74, 6) is 0.779. The van der Waals surface area contributed by atoms with E-state index in [1.165, 1.54) is 44.1 Å². The molecule has 0 N–H and O–H groups in total. The van der Waals surface area contributed by atoms with Gasteiger partial charge in [0.1, 0.15) is 0 Å². The minimum absolute atomic E-state index is 0.108. The standard InChI is InChI=1S/C34H29N3/c1-20-21(2)35-33(36-22(20)3)23-11-10-12-24(19-23)37-30-16-9-7-14-26(30)28-18-17-27-25-13-6-8-15-29(25)34(4,5)31(27)32(28)37/h6-19H,1-5H3. The van der Waals surface area contributed by atoms with Crippen LogP contribution in [0.5, 0.6) is 0 Å². The summed E-state index contributed by atoms with van der Waals surface area (Å²) in [4.78, 5) is 9.68. The van der Waals surface area contributed by atoms with Crippen molar-refractivity contribution in [2.45, 2.75) is 40.0 Å². The van der Waals surface area contributed by atoms with Crippen molar-refractivity contribution in [2.24, 2.45) is 0 Å². The lowest BCUT2D eigenvalue weighted by Crippen LogP contribution is -2.16. The van der Waals surface area contributed by atoms with Crippen LogP contribution in [0, 0.1) is 20.8 Å². The first-order chi connectivity index (χ1) is 17.9. The van der Waals surface area contributed by atoms with Crippen LogP contribution in [0.3, 0.4) is 0 Å². The molecule has 0 saturated heterocycles. The maximum atomic E-state index is 4.84. The lowest BCUT2D eigenvalue weighted by atomic mass is 9.81. The number of hydrogen-bond acceptors (Lipinski definition) is 2. The van der Waals surface area contributed by atoms with Crippen molar-refractivity contribution in [3.8, 4) is 28.2 Å². The number of fused-ring (bicyclic) bond motifs is 7. The van der Waals surface area contributed by atoms with E-state index < -0.39 is 0 Å². The van der Waals surface area contributed by atoms with Gasteiger partial charge in [-0.3, -0.25) is 0 Å². The van der Waals surface area contributed by atoms with Crippen LogP contribution in [0.25, 0.3) is 50.0 Å². The SMILES string of the molecule is Cc1nc(-c2cccc(-n3c4ccccc4c4ccc5c(c43)C(C)(C)c3ccccc3-5)c2)nc(C)c1C. The normalized spacial score (nSPS) is 13.8. The molecule has 37 heavy (non-hydrogen) atoms. The summed E-state index contributed by atoms with van der Waals surface area (Å²) in [6, 6.07) is 30.9. The third kappa shape index (κ3) is 3.00. The van der Waals surface area contributed by atoms with Crippen LogP contribution in [0.1, 0.15) is 41.9 Å². The van der Waals surface area contributed by atoms with Gasteiger partial charge in [-0.2, -0.15) is 0 Å². The molecule has 7 rings (SSSR count). The summed E-state index contributed by atoms with van der Waals surface area (Å²) >= 11 is 0. The third-order valence-corrected chi connectivity index (χ3v) is 8.35. The maximum Gasteiger partial charge on any atom is 0.159 e. The number of rotatable bonds is 2. The van der Waals surface area contributed by atoms with Gasteiger partial charge < -0.3 is 4.57 Å². The monoisotopic (exact) mass is 479 g/mol. The number of benzene rings is 4. The second kappa shape index (κ2) is 7.63. The van der Waals surface area contributed by atoms with Crippen LogP contribution >= 0.6 is 0 Å². The van der Waals surface area contributed by atoms with Crippen molar-refractivity contribution < 1.29 is 0 Å². The molecule has 0 bridgehead atoms. The fraction of sp³-hybridized carbons (Fsp3) is 0.176. The number of para-hydroxylation sites is 1. The number of hydrogen-bond donors (Lipinski definition) is 0. The molecule has 3 nitrogen and oxygen atoms in total. The zero-order valence-corrected chi connectivity index (χ0v) is 21.9. The molecular formula is C34H29N3. The molecule has 2 heterocycles. The molecule has 1 aliphatic carbocycles. The Morgan fingerprint density at radius 1 is 0.676 bits per heavy atom. The lowest BCUT2D eigenvalue weighted by molar-refractivity contribution is 0.664. The average molecular weight is 480 g/mol. The fourth-order valence-electron chi connectivity index (χ4n) is 6.27. The Bertz CT molecular complexity index is 1860. The molecular weight excluding hydrogens is 450 g/mol. The van der Waals surface area contributed by atoms with Gasteiger partial charge in [0.2, 0.25) is 0 Å². The van der Waals surface area contributed by atoms with E-state index in [2.05, 4.69) is 124 Å². The van der Waals surface area contributed by atoms with E-state index >= 15 is 0 Å². The smallest absolute Gasteiger partial charge is 0.159 e. The average Bonchev–Trinajstić information content (AvgIpc) is 3.36. The largest absolute Gasteiger partial charge is 0.309 e. The van der Waals surface area contributed by atoms with Crippen molar-refractivity contribution in [1.29, 1.82) is 0 Å². The maximum absolute atomic E-state index is 4.84. The summed E-state index contributed by atoms with van der Waals surface area (Å²) in [5.41, 5.74) is 13.2. The third-order valence-electron chi connectivity index (χ3n) is 8.35. The fourth-order valence-corrected chi connectivity index (χ4v) is 6.27. The van der Waals surface area contributed by atoms with Gasteiger partial charge in [-0.1, -0.05) is 80.6 Å². The van der Waals surface area contributed by atoms with Crippen LogP contribution in [0.4, 0.5) is 0 Å². The molecule has 0 aliphatic heterocycles. The van der Waals surface area contributed by atoms with Crippen molar-refractivity contribution in [3.05, 3.63) is 113 Å². The summed E-state index contributed by atoms with van der Waals surface area (Å²) in [5, 5.41) is 2.56. The van der Waals surface area contributed by atoms with E-state index in [1.54, 1.807) is 0 Å². The molecule has 180 valence electrons. The minimum atomic E-state index is -0.108. The van der Waals surface area contributed by atoms with Crippen LogP contribution in [0.2, 0.25) is 0 Å². The second-order valence-corrected chi connectivity index (χ2v) is 10.8. The summed E-state index contributed by atoms with van der Waals surface area (Å²) in [7, 11) is 0.